The van der Waals surface area contributed by atoms with Crippen molar-refractivity contribution in [3.63, 3.8) is 0 Å². The normalized spacial score (nSPS) is 15.7. The molecule has 0 spiro atoms. The van der Waals surface area contributed by atoms with Gasteiger partial charge in [0.2, 0.25) is 0 Å². The summed E-state index contributed by atoms with van der Waals surface area (Å²) in [7, 11) is 0. The first kappa shape index (κ1) is 14.3. The number of aryl methyl sites for hydroxylation is 3. The standard InChI is InChI=1S/C19H18ClN3/c1-11-8-12(2)18-15(9-11)17-10-13(3)22-23(17)19(21-18)14-6-4-5-7-16(14)20/h4-10,19,21H,1-3H3/t19-/m0/s1. The number of hydrogen-bond acceptors (Lipinski definition) is 2. The molecule has 3 nitrogen and oxygen atoms in total. The van der Waals surface area contributed by atoms with Crippen LogP contribution in [0.1, 0.15) is 28.6 Å². The number of rotatable bonds is 1. The lowest BCUT2D eigenvalue weighted by atomic mass is 9.98. The van der Waals surface area contributed by atoms with Gasteiger partial charge in [-0.2, -0.15) is 5.10 Å². The van der Waals surface area contributed by atoms with E-state index in [4.69, 9.17) is 16.7 Å². The van der Waals surface area contributed by atoms with Gasteiger partial charge in [0.05, 0.1) is 11.4 Å². The fourth-order valence-corrected chi connectivity index (χ4v) is 3.62. The molecule has 0 radical (unpaired) electrons. The van der Waals surface area contributed by atoms with Crippen LogP contribution in [0.2, 0.25) is 5.02 Å². The van der Waals surface area contributed by atoms with Crippen LogP contribution < -0.4 is 5.32 Å². The summed E-state index contributed by atoms with van der Waals surface area (Å²) in [6.07, 6.45) is -0.0960. The summed E-state index contributed by atoms with van der Waals surface area (Å²) in [5.74, 6) is 0. The summed E-state index contributed by atoms with van der Waals surface area (Å²) >= 11 is 6.44. The lowest BCUT2D eigenvalue weighted by Crippen LogP contribution is -2.26. The highest BCUT2D eigenvalue weighted by Crippen LogP contribution is 2.42. The first-order valence-electron chi connectivity index (χ1n) is 7.73. The Bertz CT molecular complexity index is 911. The summed E-state index contributed by atoms with van der Waals surface area (Å²) in [5, 5.41) is 9.09. The molecule has 4 heteroatoms. The van der Waals surface area contributed by atoms with Crippen LogP contribution in [0.25, 0.3) is 11.3 Å². The van der Waals surface area contributed by atoms with Crippen molar-refractivity contribution in [2.75, 3.05) is 5.32 Å². The van der Waals surface area contributed by atoms with Gasteiger partial charge in [-0.15, -0.1) is 0 Å². The van der Waals surface area contributed by atoms with Crippen molar-refractivity contribution >= 4 is 17.3 Å². The molecule has 1 aliphatic rings. The quantitative estimate of drug-likeness (QED) is 0.675. The molecule has 1 aliphatic heterocycles. The fourth-order valence-electron chi connectivity index (χ4n) is 3.38. The predicted molar refractivity (Wildman–Crippen MR) is 95.1 cm³/mol. The zero-order valence-electron chi connectivity index (χ0n) is 13.4. The van der Waals surface area contributed by atoms with Gasteiger partial charge in [0.1, 0.15) is 6.17 Å². The number of anilines is 1. The van der Waals surface area contributed by atoms with E-state index in [9.17, 15) is 0 Å². The first-order valence-corrected chi connectivity index (χ1v) is 8.11. The molecule has 1 atom stereocenters. The Morgan fingerprint density at radius 3 is 2.65 bits per heavy atom. The molecule has 0 amide bonds. The molecule has 4 rings (SSSR count). The van der Waals surface area contributed by atoms with E-state index in [-0.39, 0.29) is 6.17 Å². The second kappa shape index (κ2) is 5.14. The predicted octanol–water partition coefficient (Wildman–Crippen LogP) is 5.10. The minimum atomic E-state index is -0.0960. The molecule has 0 saturated carbocycles. The van der Waals surface area contributed by atoms with Crippen LogP contribution in [0.5, 0.6) is 0 Å². The van der Waals surface area contributed by atoms with Crippen LogP contribution >= 0.6 is 11.6 Å². The molecule has 0 unspecified atom stereocenters. The van der Waals surface area contributed by atoms with Gasteiger partial charge in [0, 0.05) is 21.8 Å². The van der Waals surface area contributed by atoms with Gasteiger partial charge < -0.3 is 5.32 Å². The third-order valence-electron chi connectivity index (χ3n) is 4.34. The molecule has 0 fully saturated rings. The topological polar surface area (TPSA) is 29.9 Å². The number of nitrogens with zero attached hydrogens (tertiary/aromatic N) is 2. The lowest BCUT2D eigenvalue weighted by Gasteiger charge is -2.31. The van der Waals surface area contributed by atoms with E-state index >= 15 is 0 Å². The Morgan fingerprint density at radius 1 is 1.09 bits per heavy atom. The van der Waals surface area contributed by atoms with E-state index in [1.54, 1.807) is 0 Å². The van der Waals surface area contributed by atoms with Crippen molar-refractivity contribution in [3.8, 4) is 11.3 Å². The lowest BCUT2D eigenvalue weighted by molar-refractivity contribution is 0.571. The van der Waals surface area contributed by atoms with Crippen molar-refractivity contribution in [2.45, 2.75) is 26.9 Å². The smallest absolute Gasteiger partial charge is 0.148 e. The van der Waals surface area contributed by atoms with E-state index in [2.05, 4.69) is 43.4 Å². The monoisotopic (exact) mass is 323 g/mol. The number of fused-ring (bicyclic) bond motifs is 3. The van der Waals surface area contributed by atoms with Gasteiger partial charge in [-0.05, 0) is 44.5 Å². The maximum atomic E-state index is 6.44. The average molecular weight is 324 g/mol. The van der Waals surface area contributed by atoms with Crippen molar-refractivity contribution in [2.24, 2.45) is 0 Å². The number of nitrogens with one attached hydrogen (secondary N) is 1. The highest BCUT2D eigenvalue weighted by atomic mass is 35.5. The molecular weight excluding hydrogens is 306 g/mol. The SMILES string of the molecule is Cc1cc(C)c2c(c1)-c1cc(C)nn1[C@@H](c1ccccc1Cl)N2. The van der Waals surface area contributed by atoms with E-state index in [0.717, 1.165) is 27.7 Å². The Hall–Kier alpha value is -2.26. The second-order valence-electron chi connectivity index (χ2n) is 6.19. The zero-order chi connectivity index (χ0) is 16.1. The maximum absolute atomic E-state index is 6.44. The highest BCUT2D eigenvalue weighted by molar-refractivity contribution is 6.31. The average Bonchev–Trinajstić information content (AvgIpc) is 2.89. The van der Waals surface area contributed by atoms with Gasteiger partial charge in [-0.25, -0.2) is 4.68 Å². The van der Waals surface area contributed by atoms with Gasteiger partial charge in [0.25, 0.3) is 0 Å². The van der Waals surface area contributed by atoms with E-state index in [1.165, 1.54) is 16.7 Å². The fraction of sp³-hybridized carbons (Fsp3) is 0.211. The number of halogens is 1. The van der Waals surface area contributed by atoms with E-state index < -0.39 is 0 Å². The minimum absolute atomic E-state index is 0.0960. The Morgan fingerprint density at radius 2 is 1.87 bits per heavy atom. The van der Waals surface area contributed by atoms with Crippen LogP contribution in [0.3, 0.4) is 0 Å². The summed E-state index contributed by atoms with van der Waals surface area (Å²) < 4.78 is 2.04. The Labute approximate surface area is 140 Å². The minimum Gasteiger partial charge on any atom is -0.359 e. The number of aromatic nitrogens is 2. The molecule has 23 heavy (non-hydrogen) atoms. The van der Waals surface area contributed by atoms with Gasteiger partial charge in [-0.3, -0.25) is 0 Å². The van der Waals surface area contributed by atoms with Crippen molar-refractivity contribution < 1.29 is 0 Å². The van der Waals surface area contributed by atoms with Crippen LogP contribution in [-0.4, -0.2) is 9.78 Å². The molecule has 2 aromatic carbocycles. The third-order valence-corrected chi connectivity index (χ3v) is 4.68. The maximum Gasteiger partial charge on any atom is 0.148 e. The van der Waals surface area contributed by atoms with Crippen molar-refractivity contribution in [1.82, 2.24) is 9.78 Å². The second-order valence-corrected chi connectivity index (χ2v) is 6.60. The Balaban J connectivity index is 1.97. The molecule has 1 N–H and O–H groups in total. The zero-order valence-corrected chi connectivity index (χ0v) is 14.1. The van der Waals surface area contributed by atoms with Gasteiger partial charge in [-0.1, -0.05) is 41.4 Å². The van der Waals surface area contributed by atoms with Crippen LogP contribution in [0.15, 0.2) is 42.5 Å². The molecule has 0 bridgehead atoms. The largest absolute Gasteiger partial charge is 0.359 e. The highest BCUT2D eigenvalue weighted by Gasteiger charge is 2.28. The Kier molecular flexibility index (Phi) is 3.20. The van der Waals surface area contributed by atoms with E-state index in [0.29, 0.717) is 0 Å². The van der Waals surface area contributed by atoms with Gasteiger partial charge >= 0.3 is 0 Å². The number of hydrogen-bond donors (Lipinski definition) is 1. The van der Waals surface area contributed by atoms with Crippen LogP contribution in [0.4, 0.5) is 5.69 Å². The summed E-state index contributed by atoms with van der Waals surface area (Å²) in [6.45, 7) is 6.29. The molecule has 0 saturated heterocycles. The summed E-state index contributed by atoms with van der Waals surface area (Å²) in [4.78, 5) is 0. The first-order chi connectivity index (χ1) is 11.0. The molecule has 1 aromatic heterocycles. The molecule has 2 heterocycles. The van der Waals surface area contributed by atoms with Crippen LogP contribution in [0, 0.1) is 20.8 Å². The number of benzene rings is 2. The van der Waals surface area contributed by atoms with E-state index in [1.807, 2.05) is 29.8 Å². The van der Waals surface area contributed by atoms with Crippen LogP contribution in [-0.2, 0) is 0 Å². The molecular formula is C19H18ClN3. The molecule has 3 aromatic rings. The summed E-state index contributed by atoms with van der Waals surface area (Å²) in [6, 6.07) is 14.5. The van der Waals surface area contributed by atoms with Crippen molar-refractivity contribution in [3.05, 3.63) is 69.9 Å². The van der Waals surface area contributed by atoms with Crippen molar-refractivity contribution in [1.29, 1.82) is 0 Å². The molecule has 116 valence electrons. The third kappa shape index (κ3) is 2.23. The van der Waals surface area contributed by atoms with Gasteiger partial charge in [0.15, 0.2) is 0 Å². The summed E-state index contributed by atoms with van der Waals surface area (Å²) in [5.41, 5.74) is 8.02. The molecule has 0 aliphatic carbocycles.